The van der Waals surface area contributed by atoms with E-state index in [1.165, 1.54) is 22.3 Å². The highest BCUT2D eigenvalue weighted by atomic mass is 16.5. The van der Waals surface area contributed by atoms with Crippen LogP contribution in [0.4, 0.5) is 0 Å². The molecule has 1 aliphatic rings. The lowest BCUT2D eigenvalue weighted by Crippen LogP contribution is -2.27. The van der Waals surface area contributed by atoms with Gasteiger partial charge in [-0.15, -0.1) is 0 Å². The topological polar surface area (TPSA) is 12.5 Å². The molecule has 0 saturated carbocycles. The van der Waals surface area contributed by atoms with Crippen molar-refractivity contribution in [3.8, 4) is 5.75 Å². The molecule has 0 bridgehead atoms. The fourth-order valence-corrected chi connectivity index (χ4v) is 2.92. The zero-order chi connectivity index (χ0) is 12.6. The van der Waals surface area contributed by atoms with E-state index >= 15 is 0 Å². The number of ether oxygens (including phenoxy) is 1. The van der Waals surface area contributed by atoms with Crippen LogP contribution in [-0.4, -0.2) is 25.6 Å². The molecule has 17 heavy (non-hydrogen) atoms. The number of fused-ring (bicyclic) bond motifs is 1. The van der Waals surface area contributed by atoms with Crippen LogP contribution < -0.4 is 4.74 Å². The fourth-order valence-electron chi connectivity index (χ4n) is 2.92. The molecule has 2 rings (SSSR count). The van der Waals surface area contributed by atoms with Gasteiger partial charge in [-0.3, -0.25) is 0 Å². The predicted molar refractivity (Wildman–Crippen MR) is 71.9 cm³/mol. The van der Waals surface area contributed by atoms with Crippen LogP contribution in [0.15, 0.2) is 6.07 Å². The normalized spacial score (nSPS) is 16.1. The maximum absolute atomic E-state index is 5.71. The van der Waals surface area contributed by atoms with Crippen LogP contribution in [0.2, 0.25) is 0 Å². The number of aryl methyl sites for hydroxylation is 1. The summed E-state index contributed by atoms with van der Waals surface area (Å²) in [6.07, 6.45) is 1.14. The third-order valence-electron chi connectivity index (χ3n) is 3.69. The summed E-state index contributed by atoms with van der Waals surface area (Å²) in [6, 6.07) is 2.36. The van der Waals surface area contributed by atoms with Crippen molar-refractivity contribution in [2.24, 2.45) is 0 Å². The first kappa shape index (κ1) is 12.4. The quantitative estimate of drug-likeness (QED) is 0.778. The van der Waals surface area contributed by atoms with Gasteiger partial charge in [-0.2, -0.15) is 0 Å². The minimum atomic E-state index is 0.516. The first-order valence-electron chi connectivity index (χ1n) is 6.42. The second-order valence-corrected chi connectivity index (χ2v) is 5.42. The van der Waals surface area contributed by atoms with Gasteiger partial charge in [-0.1, -0.05) is 19.9 Å². The Bertz CT molecular complexity index is 423. The Morgan fingerprint density at radius 3 is 2.65 bits per heavy atom. The third kappa shape index (κ3) is 2.19. The van der Waals surface area contributed by atoms with Gasteiger partial charge in [0.25, 0.3) is 0 Å². The zero-order valence-electron chi connectivity index (χ0n) is 11.6. The van der Waals surface area contributed by atoms with Gasteiger partial charge in [-0.25, -0.2) is 0 Å². The summed E-state index contributed by atoms with van der Waals surface area (Å²) >= 11 is 0. The molecule has 0 amide bonds. The van der Waals surface area contributed by atoms with E-state index in [-0.39, 0.29) is 0 Å². The number of hydrogen-bond acceptors (Lipinski definition) is 2. The lowest BCUT2D eigenvalue weighted by atomic mass is 9.88. The molecule has 0 radical (unpaired) electrons. The van der Waals surface area contributed by atoms with Crippen LogP contribution >= 0.6 is 0 Å². The van der Waals surface area contributed by atoms with E-state index in [0.717, 1.165) is 25.3 Å². The number of benzene rings is 1. The van der Waals surface area contributed by atoms with E-state index in [1.54, 1.807) is 7.11 Å². The van der Waals surface area contributed by atoms with E-state index in [1.807, 2.05) is 0 Å². The molecule has 0 unspecified atom stereocenters. The molecular weight excluding hydrogens is 210 g/mol. The fraction of sp³-hybridized carbons (Fsp3) is 0.600. The van der Waals surface area contributed by atoms with Crippen molar-refractivity contribution < 1.29 is 4.74 Å². The Morgan fingerprint density at radius 1 is 1.35 bits per heavy atom. The summed E-state index contributed by atoms with van der Waals surface area (Å²) in [4.78, 5) is 2.37. The van der Waals surface area contributed by atoms with Crippen molar-refractivity contribution in [3.63, 3.8) is 0 Å². The van der Waals surface area contributed by atoms with Crippen molar-refractivity contribution in [1.29, 1.82) is 0 Å². The van der Waals surface area contributed by atoms with Crippen molar-refractivity contribution in [1.82, 2.24) is 4.90 Å². The van der Waals surface area contributed by atoms with Crippen molar-refractivity contribution in [2.45, 2.75) is 39.7 Å². The van der Waals surface area contributed by atoms with Gasteiger partial charge in [0, 0.05) is 18.7 Å². The van der Waals surface area contributed by atoms with E-state index in [9.17, 15) is 0 Å². The highest BCUT2D eigenvalue weighted by Crippen LogP contribution is 2.37. The number of rotatable bonds is 2. The van der Waals surface area contributed by atoms with Crippen LogP contribution in [-0.2, 0) is 13.0 Å². The second kappa shape index (κ2) is 4.69. The van der Waals surface area contributed by atoms with Crippen molar-refractivity contribution >= 4 is 0 Å². The summed E-state index contributed by atoms with van der Waals surface area (Å²) < 4.78 is 5.71. The molecule has 1 aromatic rings. The van der Waals surface area contributed by atoms with Crippen LogP contribution in [0.5, 0.6) is 5.75 Å². The third-order valence-corrected chi connectivity index (χ3v) is 3.69. The summed E-state index contributed by atoms with van der Waals surface area (Å²) in [5.74, 6) is 1.64. The minimum absolute atomic E-state index is 0.516. The second-order valence-electron chi connectivity index (χ2n) is 5.42. The Kier molecular flexibility index (Phi) is 3.43. The number of nitrogens with zero attached hydrogens (tertiary/aromatic N) is 1. The smallest absolute Gasteiger partial charge is 0.127 e. The molecule has 2 nitrogen and oxygen atoms in total. The molecule has 0 fully saturated rings. The monoisotopic (exact) mass is 233 g/mol. The Labute approximate surface area is 105 Å². The highest BCUT2D eigenvalue weighted by Gasteiger charge is 2.22. The van der Waals surface area contributed by atoms with E-state index in [0.29, 0.717) is 5.92 Å². The molecule has 0 spiro atoms. The molecule has 0 aliphatic carbocycles. The SMILES string of the molecule is COc1c2c(cc(C)c1C(C)C)CCN(C)C2. The molecular formula is C15H23NO. The zero-order valence-corrected chi connectivity index (χ0v) is 11.6. The van der Waals surface area contributed by atoms with Crippen LogP contribution in [0, 0.1) is 6.92 Å². The largest absolute Gasteiger partial charge is 0.496 e. The lowest BCUT2D eigenvalue weighted by Gasteiger charge is -2.29. The molecule has 1 aromatic carbocycles. The minimum Gasteiger partial charge on any atom is -0.496 e. The standard InChI is InChI=1S/C15H23NO/c1-10(2)14-11(3)8-12-6-7-16(4)9-13(12)15(14)17-5/h8,10H,6-7,9H2,1-5H3. The maximum atomic E-state index is 5.71. The Hall–Kier alpha value is -1.02. The molecule has 0 aromatic heterocycles. The molecule has 94 valence electrons. The summed E-state index contributed by atoms with van der Waals surface area (Å²) in [6.45, 7) is 8.85. The number of likely N-dealkylation sites (N-methyl/N-ethyl adjacent to an activating group) is 1. The first-order valence-corrected chi connectivity index (χ1v) is 6.42. The summed E-state index contributed by atoms with van der Waals surface area (Å²) in [5.41, 5.74) is 5.62. The van der Waals surface area contributed by atoms with Crippen LogP contribution in [0.25, 0.3) is 0 Å². The highest BCUT2D eigenvalue weighted by molar-refractivity contribution is 5.52. The Morgan fingerprint density at radius 2 is 2.06 bits per heavy atom. The van der Waals surface area contributed by atoms with E-state index in [2.05, 4.69) is 38.8 Å². The van der Waals surface area contributed by atoms with Crippen molar-refractivity contribution in [2.75, 3.05) is 20.7 Å². The summed E-state index contributed by atoms with van der Waals surface area (Å²) in [7, 11) is 3.98. The van der Waals surface area contributed by atoms with Crippen LogP contribution in [0.3, 0.4) is 0 Å². The number of hydrogen-bond donors (Lipinski definition) is 0. The molecule has 0 N–H and O–H groups in total. The predicted octanol–water partition coefficient (Wildman–Crippen LogP) is 3.11. The first-order chi connectivity index (χ1) is 8.04. The van der Waals surface area contributed by atoms with Crippen LogP contribution in [0.1, 0.15) is 42.0 Å². The lowest BCUT2D eigenvalue weighted by molar-refractivity contribution is 0.300. The Balaban J connectivity index is 2.60. The molecule has 2 heteroatoms. The van der Waals surface area contributed by atoms with Gasteiger partial charge in [0.2, 0.25) is 0 Å². The maximum Gasteiger partial charge on any atom is 0.127 e. The molecule has 0 saturated heterocycles. The average molecular weight is 233 g/mol. The van der Waals surface area contributed by atoms with Gasteiger partial charge < -0.3 is 9.64 Å². The molecule has 1 heterocycles. The van der Waals surface area contributed by atoms with Gasteiger partial charge in [0.05, 0.1) is 7.11 Å². The average Bonchev–Trinajstić information content (AvgIpc) is 2.27. The number of methoxy groups -OCH3 is 1. The van der Waals surface area contributed by atoms with E-state index in [4.69, 9.17) is 4.74 Å². The van der Waals surface area contributed by atoms with Gasteiger partial charge >= 0.3 is 0 Å². The van der Waals surface area contributed by atoms with Crippen molar-refractivity contribution in [3.05, 3.63) is 28.3 Å². The molecule has 0 atom stereocenters. The summed E-state index contributed by atoms with van der Waals surface area (Å²) in [5, 5.41) is 0. The van der Waals surface area contributed by atoms with E-state index < -0.39 is 0 Å². The van der Waals surface area contributed by atoms with Gasteiger partial charge in [0.15, 0.2) is 0 Å². The van der Waals surface area contributed by atoms with Gasteiger partial charge in [0.1, 0.15) is 5.75 Å². The van der Waals surface area contributed by atoms with Gasteiger partial charge in [-0.05, 0) is 43.0 Å². The molecule has 1 aliphatic heterocycles.